The molecule has 0 atom stereocenters. The number of rotatable bonds is 0. The van der Waals surface area contributed by atoms with Gasteiger partial charge < -0.3 is 10.4 Å². The van der Waals surface area contributed by atoms with Gasteiger partial charge in [0.15, 0.2) is 0 Å². The van der Waals surface area contributed by atoms with Crippen LogP contribution in [0.25, 0.3) is 0 Å². The van der Waals surface area contributed by atoms with Crippen LogP contribution in [0.1, 0.15) is 0 Å². The van der Waals surface area contributed by atoms with Gasteiger partial charge in [0.1, 0.15) is 6.54 Å². The number of carboxylic acids is 1. The Kier molecular flexibility index (Phi) is 2.32. The SMILES string of the molecule is O=C1CN(C(=O)C(=O)O)c2ccccc2N1. The van der Waals surface area contributed by atoms with E-state index in [2.05, 4.69) is 5.32 Å². The summed E-state index contributed by atoms with van der Waals surface area (Å²) in [6.07, 6.45) is 0. The lowest BCUT2D eigenvalue weighted by Gasteiger charge is -2.27. The lowest BCUT2D eigenvalue weighted by atomic mass is 10.2. The standard InChI is InChI=1S/C10H8N2O4/c13-8-5-12(9(14)10(15)16)7-4-2-1-3-6(7)11-8/h1-4H,5H2,(H,11,13)(H,15,16). The van der Waals surface area contributed by atoms with Crippen molar-refractivity contribution < 1.29 is 19.5 Å². The molecule has 0 unspecified atom stereocenters. The quantitative estimate of drug-likeness (QED) is 0.605. The van der Waals surface area contributed by atoms with Crippen molar-refractivity contribution in [3.8, 4) is 0 Å². The topological polar surface area (TPSA) is 86.7 Å². The molecule has 1 aromatic carbocycles. The first-order valence-corrected chi connectivity index (χ1v) is 4.53. The van der Waals surface area contributed by atoms with Crippen molar-refractivity contribution in [2.75, 3.05) is 16.8 Å². The van der Waals surface area contributed by atoms with Crippen LogP contribution < -0.4 is 10.2 Å². The maximum Gasteiger partial charge on any atom is 0.394 e. The highest BCUT2D eigenvalue weighted by Gasteiger charge is 2.30. The largest absolute Gasteiger partial charge is 0.474 e. The number of hydrogen-bond acceptors (Lipinski definition) is 3. The molecule has 2 N–H and O–H groups in total. The molecule has 0 radical (unpaired) electrons. The molecule has 1 aliphatic heterocycles. The number of aliphatic carboxylic acids is 1. The van der Waals surface area contributed by atoms with Crippen LogP contribution in [-0.2, 0) is 14.4 Å². The second-order valence-electron chi connectivity index (χ2n) is 3.26. The average Bonchev–Trinajstić information content (AvgIpc) is 2.26. The monoisotopic (exact) mass is 220 g/mol. The summed E-state index contributed by atoms with van der Waals surface area (Å²) in [6, 6.07) is 6.54. The first-order chi connectivity index (χ1) is 7.59. The van der Waals surface area contributed by atoms with Gasteiger partial charge in [-0.05, 0) is 12.1 Å². The Bertz CT molecular complexity index is 483. The van der Waals surface area contributed by atoms with Crippen LogP contribution in [0.2, 0.25) is 0 Å². The molecule has 16 heavy (non-hydrogen) atoms. The Hall–Kier alpha value is -2.37. The fourth-order valence-electron chi connectivity index (χ4n) is 1.53. The number of carboxylic acid groups (broad SMARTS) is 1. The van der Waals surface area contributed by atoms with Crippen LogP contribution in [0.15, 0.2) is 24.3 Å². The van der Waals surface area contributed by atoms with Crippen LogP contribution in [0.5, 0.6) is 0 Å². The summed E-state index contributed by atoms with van der Waals surface area (Å²) in [7, 11) is 0. The molecule has 0 fully saturated rings. The predicted molar refractivity (Wildman–Crippen MR) is 55.1 cm³/mol. The molecular weight excluding hydrogens is 212 g/mol. The Balaban J connectivity index is 2.45. The van der Waals surface area contributed by atoms with Gasteiger partial charge in [-0.1, -0.05) is 12.1 Å². The zero-order valence-electron chi connectivity index (χ0n) is 8.14. The molecule has 0 bridgehead atoms. The van der Waals surface area contributed by atoms with Gasteiger partial charge in [0.05, 0.1) is 11.4 Å². The van der Waals surface area contributed by atoms with E-state index < -0.39 is 17.8 Å². The summed E-state index contributed by atoms with van der Waals surface area (Å²) >= 11 is 0. The molecule has 82 valence electrons. The maximum atomic E-state index is 11.4. The molecule has 0 aliphatic carbocycles. The van der Waals surface area contributed by atoms with Crippen LogP contribution in [0, 0.1) is 0 Å². The normalized spacial score (nSPS) is 14.0. The molecule has 1 aromatic rings. The first-order valence-electron chi connectivity index (χ1n) is 4.53. The minimum atomic E-state index is -1.58. The molecular formula is C10H8N2O4. The highest BCUT2D eigenvalue weighted by Crippen LogP contribution is 2.28. The molecule has 1 heterocycles. The van der Waals surface area contributed by atoms with Crippen LogP contribution >= 0.6 is 0 Å². The van der Waals surface area contributed by atoms with Crippen molar-refractivity contribution in [3.63, 3.8) is 0 Å². The summed E-state index contributed by atoms with van der Waals surface area (Å²) in [6.45, 7) is -0.276. The van der Waals surface area contributed by atoms with Gasteiger partial charge in [-0.15, -0.1) is 0 Å². The minimum Gasteiger partial charge on any atom is -0.474 e. The lowest BCUT2D eigenvalue weighted by Crippen LogP contribution is -2.45. The van der Waals surface area contributed by atoms with E-state index in [1.54, 1.807) is 24.3 Å². The number of anilines is 2. The highest BCUT2D eigenvalue weighted by molar-refractivity contribution is 6.38. The molecule has 1 aliphatic rings. The lowest BCUT2D eigenvalue weighted by molar-refractivity contribution is -0.148. The van der Waals surface area contributed by atoms with Gasteiger partial charge >= 0.3 is 11.9 Å². The molecule has 6 heteroatoms. The Labute approximate surface area is 90.5 Å². The van der Waals surface area contributed by atoms with Gasteiger partial charge in [-0.3, -0.25) is 14.5 Å². The molecule has 0 saturated heterocycles. The van der Waals surface area contributed by atoms with E-state index in [9.17, 15) is 14.4 Å². The number of carbonyl (C=O) groups excluding carboxylic acids is 2. The number of benzene rings is 1. The number of fused-ring (bicyclic) bond motifs is 1. The van der Waals surface area contributed by atoms with Crippen molar-refractivity contribution in [2.24, 2.45) is 0 Å². The van der Waals surface area contributed by atoms with E-state index in [1.165, 1.54) is 0 Å². The molecule has 2 rings (SSSR count). The van der Waals surface area contributed by atoms with Gasteiger partial charge in [-0.25, -0.2) is 4.79 Å². The average molecular weight is 220 g/mol. The van der Waals surface area contributed by atoms with Crippen LogP contribution in [0.3, 0.4) is 0 Å². The maximum absolute atomic E-state index is 11.4. The van der Waals surface area contributed by atoms with Crippen LogP contribution in [-0.4, -0.2) is 29.4 Å². The fourth-order valence-corrected chi connectivity index (χ4v) is 1.53. The van der Waals surface area contributed by atoms with Crippen molar-refractivity contribution in [1.82, 2.24) is 0 Å². The number of amides is 2. The Morgan fingerprint density at radius 1 is 1.31 bits per heavy atom. The van der Waals surface area contributed by atoms with Gasteiger partial charge in [0.25, 0.3) is 0 Å². The molecule has 0 aromatic heterocycles. The Morgan fingerprint density at radius 2 is 2.00 bits per heavy atom. The molecule has 6 nitrogen and oxygen atoms in total. The third-order valence-corrected chi connectivity index (χ3v) is 2.20. The van der Waals surface area contributed by atoms with E-state index in [1.807, 2.05) is 0 Å². The van der Waals surface area contributed by atoms with Crippen molar-refractivity contribution >= 4 is 29.2 Å². The predicted octanol–water partition coefficient (Wildman–Crippen LogP) is 0.0563. The van der Waals surface area contributed by atoms with Gasteiger partial charge in [0, 0.05) is 0 Å². The summed E-state index contributed by atoms with van der Waals surface area (Å²) < 4.78 is 0. The number of carbonyl (C=O) groups is 3. The van der Waals surface area contributed by atoms with E-state index in [-0.39, 0.29) is 6.54 Å². The Morgan fingerprint density at radius 3 is 2.69 bits per heavy atom. The summed E-state index contributed by atoms with van der Waals surface area (Å²) in [5, 5.41) is 11.2. The van der Waals surface area contributed by atoms with E-state index in [4.69, 9.17) is 5.11 Å². The highest BCUT2D eigenvalue weighted by atomic mass is 16.4. The molecule has 0 spiro atoms. The fraction of sp³-hybridized carbons (Fsp3) is 0.100. The van der Waals surface area contributed by atoms with E-state index in [0.29, 0.717) is 11.4 Å². The van der Waals surface area contributed by atoms with Gasteiger partial charge in [0.2, 0.25) is 5.91 Å². The van der Waals surface area contributed by atoms with Crippen LogP contribution in [0.4, 0.5) is 11.4 Å². The van der Waals surface area contributed by atoms with Crippen molar-refractivity contribution in [3.05, 3.63) is 24.3 Å². The van der Waals surface area contributed by atoms with E-state index in [0.717, 1.165) is 4.90 Å². The third-order valence-electron chi connectivity index (χ3n) is 2.20. The third kappa shape index (κ3) is 1.60. The second kappa shape index (κ2) is 3.65. The van der Waals surface area contributed by atoms with Gasteiger partial charge in [-0.2, -0.15) is 0 Å². The summed E-state index contributed by atoms with van der Waals surface area (Å²) in [4.78, 5) is 34.2. The van der Waals surface area contributed by atoms with Crippen molar-refractivity contribution in [1.29, 1.82) is 0 Å². The zero-order valence-corrected chi connectivity index (χ0v) is 8.14. The summed E-state index contributed by atoms with van der Waals surface area (Å²) in [5.41, 5.74) is 0.836. The number of nitrogens with one attached hydrogen (secondary N) is 1. The smallest absolute Gasteiger partial charge is 0.394 e. The van der Waals surface area contributed by atoms with E-state index >= 15 is 0 Å². The number of para-hydroxylation sites is 2. The molecule has 2 amide bonds. The minimum absolute atomic E-state index is 0.276. The zero-order chi connectivity index (χ0) is 11.7. The second-order valence-corrected chi connectivity index (χ2v) is 3.26. The summed E-state index contributed by atoms with van der Waals surface area (Å²) in [5.74, 6) is -3.10. The van der Waals surface area contributed by atoms with Crippen molar-refractivity contribution in [2.45, 2.75) is 0 Å². The molecule has 0 saturated carbocycles. The first kappa shape index (κ1) is 10.2. The number of nitrogens with zero attached hydrogens (tertiary/aromatic N) is 1. The number of hydrogen-bond donors (Lipinski definition) is 2.